The lowest BCUT2D eigenvalue weighted by molar-refractivity contribution is -0.0589. The van der Waals surface area contributed by atoms with Crippen LogP contribution in [0, 0.1) is 28.8 Å². The number of ether oxygens (including phenoxy) is 2. The fourth-order valence-electron chi connectivity index (χ4n) is 4.97. The van der Waals surface area contributed by atoms with E-state index in [4.69, 9.17) is 14.7 Å². The Balaban J connectivity index is 1.30. The number of benzene rings is 3. The third-order valence-electron chi connectivity index (χ3n) is 7.35. The van der Waals surface area contributed by atoms with Crippen molar-refractivity contribution in [1.82, 2.24) is 14.5 Å². The molecule has 2 aromatic heterocycles. The molecule has 0 saturated carbocycles. The number of carbonyl (C=O) groups is 1. The molecule has 216 valence electrons. The number of fused-ring (bicyclic) bond motifs is 1. The summed E-state index contributed by atoms with van der Waals surface area (Å²) in [6.07, 6.45) is 2.10. The van der Waals surface area contributed by atoms with Gasteiger partial charge in [-0.25, -0.2) is 27.9 Å². The lowest BCUT2D eigenvalue weighted by atomic mass is 10.0. The summed E-state index contributed by atoms with van der Waals surface area (Å²) in [7, 11) is 0. The number of halogens is 3. The molecule has 1 atom stereocenters. The highest BCUT2D eigenvalue weighted by atomic mass is 19.1. The number of hydrogen-bond donors (Lipinski definition) is 1. The second-order valence-electron chi connectivity index (χ2n) is 10.1. The van der Waals surface area contributed by atoms with Crippen LogP contribution < -0.4 is 4.74 Å². The molecule has 3 aromatic carbocycles. The van der Waals surface area contributed by atoms with E-state index in [0.29, 0.717) is 30.0 Å². The molecule has 11 heteroatoms. The fourth-order valence-corrected chi connectivity index (χ4v) is 4.97. The van der Waals surface area contributed by atoms with Gasteiger partial charge >= 0.3 is 5.97 Å². The molecule has 0 spiro atoms. The molecular weight excluding hydrogens is 561 g/mol. The van der Waals surface area contributed by atoms with E-state index < -0.39 is 23.4 Å². The minimum atomic E-state index is -1.08. The van der Waals surface area contributed by atoms with Crippen LogP contribution in [0.3, 0.4) is 0 Å². The van der Waals surface area contributed by atoms with Gasteiger partial charge in [0.2, 0.25) is 5.88 Å². The molecule has 0 amide bonds. The molecule has 1 aliphatic rings. The molecule has 1 aliphatic heterocycles. The van der Waals surface area contributed by atoms with Crippen molar-refractivity contribution >= 4 is 17.0 Å². The van der Waals surface area contributed by atoms with E-state index in [1.165, 1.54) is 36.5 Å². The molecule has 6 rings (SSSR count). The minimum absolute atomic E-state index is 0.0196. The summed E-state index contributed by atoms with van der Waals surface area (Å²) in [4.78, 5) is 20.3. The number of imidazole rings is 1. The summed E-state index contributed by atoms with van der Waals surface area (Å²) in [6, 6.07) is 15.6. The van der Waals surface area contributed by atoms with Gasteiger partial charge in [0.1, 0.15) is 29.9 Å². The summed E-state index contributed by atoms with van der Waals surface area (Å²) < 4.78 is 58.5. The Morgan fingerprint density at radius 2 is 1.86 bits per heavy atom. The standard InChI is InChI=1S/C32H23F3N4O4/c33-25-10-18(15-36)3-4-20(25)17-43-31-23(2-1-8-37-31)24-14-26(34)21(11-27(24)35)13-30-38-28-6-5-19(32(40)41)12-29(28)39(30)16-22-7-9-42-22/h1-6,8,10-12,14,22H,7,9,13,16-17H2,(H,40,41)/t22-/m0/s1. The zero-order valence-electron chi connectivity index (χ0n) is 22.6. The van der Waals surface area contributed by atoms with Crippen LogP contribution in [0.4, 0.5) is 13.2 Å². The number of nitrogens with zero attached hydrogens (tertiary/aromatic N) is 4. The van der Waals surface area contributed by atoms with Crippen LogP contribution in [0.25, 0.3) is 22.2 Å². The van der Waals surface area contributed by atoms with Crippen molar-refractivity contribution in [2.45, 2.75) is 32.1 Å². The molecule has 3 heterocycles. The molecule has 1 saturated heterocycles. The third-order valence-corrected chi connectivity index (χ3v) is 7.35. The second-order valence-corrected chi connectivity index (χ2v) is 10.1. The quantitative estimate of drug-likeness (QED) is 0.225. The Kier molecular flexibility index (Phi) is 7.52. The first-order valence-corrected chi connectivity index (χ1v) is 13.4. The highest BCUT2D eigenvalue weighted by Crippen LogP contribution is 2.33. The Labute approximate surface area is 243 Å². The smallest absolute Gasteiger partial charge is 0.335 e. The first-order chi connectivity index (χ1) is 20.8. The lowest BCUT2D eigenvalue weighted by Crippen LogP contribution is -2.31. The lowest BCUT2D eigenvalue weighted by Gasteiger charge is -2.27. The molecule has 8 nitrogen and oxygen atoms in total. The van der Waals surface area contributed by atoms with Gasteiger partial charge < -0.3 is 19.1 Å². The molecule has 5 aromatic rings. The van der Waals surface area contributed by atoms with Crippen LogP contribution in [0.5, 0.6) is 5.88 Å². The van der Waals surface area contributed by atoms with E-state index in [9.17, 15) is 14.3 Å². The van der Waals surface area contributed by atoms with Gasteiger partial charge in [0.15, 0.2) is 0 Å². The van der Waals surface area contributed by atoms with Crippen LogP contribution in [-0.2, 0) is 24.3 Å². The summed E-state index contributed by atoms with van der Waals surface area (Å²) in [6.45, 7) is 0.776. The molecule has 0 bridgehead atoms. The molecule has 1 N–H and O–H groups in total. The highest BCUT2D eigenvalue weighted by Gasteiger charge is 2.24. The molecule has 1 fully saturated rings. The van der Waals surface area contributed by atoms with Gasteiger partial charge in [-0.15, -0.1) is 0 Å². The topological polar surface area (TPSA) is 110 Å². The number of carboxylic acids is 1. The van der Waals surface area contributed by atoms with Crippen molar-refractivity contribution in [3.05, 3.63) is 112 Å². The number of aromatic nitrogens is 3. The van der Waals surface area contributed by atoms with Crippen LogP contribution in [0.2, 0.25) is 0 Å². The Morgan fingerprint density at radius 3 is 2.58 bits per heavy atom. The van der Waals surface area contributed by atoms with E-state index in [1.54, 1.807) is 16.7 Å². The average molecular weight is 585 g/mol. The summed E-state index contributed by atoms with van der Waals surface area (Å²) in [5.41, 5.74) is 1.66. The van der Waals surface area contributed by atoms with Crippen molar-refractivity contribution < 1.29 is 32.5 Å². The number of pyridine rings is 1. The SMILES string of the molecule is N#Cc1ccc(COc2ncccc2-c2cc(F)c(Cc3nc4ccc(C(=O)O)cc4n3C[C@@H]3CCO3)cc2F)c(F)c1. The summed E-state index contributed by atoms with van der Waals surface area (Å²) in [5, 5.41) is 18.4. The zero-order valence-corrected chi connectivity index (χ0v) is 22.6. The number of aromatic carboxylic acids is 1. The normalized spacial score (nSPS) is 14.3. The van der Waals surface area contributed by atoms with Crippen LogP contribution in [-0.4, -0.2) is 38.3 Å². The van der Waals surface area contributed by atoms with E-state index in [-0.39, 0.29) is 58.4 Å². The van der Waals surface area contributed by atoms with E-state index in [1.807, 2.05) is 6.07 Å². The maximum absolute atomic E-state index is 15.6. The van der Waals surface area contributed by atoms with Gasteiger partial charge in [-0.05, 0) is 66.6 Å². The van der Waals surface area contributed by atoms with Crippen molar-refractivity contribution in [3.63, 3.8) is 0 Å². The molecular formula is C32H23F3N4O4. The summed E-state index contributed by atoms with van der Waals surface area (Å²) >= 11 is 0. The van der Waals surface area contributed by atoms with Gasteiger partial charge in [0.05, 0.1) is 40.9 Å². The number of rotatable bonds is 9. The Morgan fingerprint density at radius 1 is 1.05 bits per heavy atom. The van der Waals surface area contributed by atoms with Crippen LogP contribution in [0.1, 0.15) is 39.3 Å². The van der Waals surface area contributed by atoms with Gasteiger partial charge in [-0.3, -0.25) is 0 Å². The molecule has 0 radical (unpaired) electrons. The fraction of sp³-hybridized carbons (Fsp3) is 0.188. The van der Waals surface area contributed by atoms with E-state index in [0.717, 1.165) is 24.6 Å². The molecule has 0 aliphatic carbocycles. The van der Waals surface area contributed by atoms with Crippen LogP contribution >= 0.6 is 0 Å². The summed E-state index contributed by atoms with van der Waals surface area (Å²) in [5.74, 6) is -2.71. The van der Waals surface area contributed by atoms with Crippen molar-refractivity contribution in [2.24, 2.45) is 0 Å². The van der Waals surface area contributed by atoms with Gasteiger partial charge in [-0.1, -0.05) is 6.07 Å². The van der Waals surface area contributed by atoms with Gasteiger partial charge in [-0.2, -0.15) is 5.26 Å². The Hall–Kier alpha value is -5.21. The molecule has 43 heavy (non-hydrogen) atoms. The van der Waals surface area contributed by atoms with Crippen molar-refractivity contribution in [3.8, 4) is 23.1 Å². The van der Waals surface area contributed by atoms with Gasteiger partial charge in [0, 0.05) is 35.9 Å². The largest absolute Gasteiger partial charge is 0.478 e. The Bertz CT molecular complexity index is 1910. The van der Waals surface area contributed by atoms with Gasteiger partial charge in [0.25, 0.3) is 0 Å². The van der Waals surface area contributed by atoms with E-state index >= 15 is 8.78 Å². The average Bonchev–Trinajstić information content (AvgIpc) is 3.32. The first kappa shape index (κ1) is 27.9. The van der Waals surface area contributed by atoms with E-state index in [2.05, 4.69) is 9.97 Å². The van der Waals surface area contributed by atoms with Crippen LogP contribution in [0.15, 0.2) is 66.9 Å². The monoisotopic (exact) mass is 584 g/mol. The maximum atomic E-state index is 15.6. The van der Waals surface area contributed by atoms with Crippen molar-refractivity contribution in [2.75, 3.05) is 6.61 Å². The maximum Gasteiger partial charge on any atom is 0.335 e. The number of nitriles is 1. The first-order valence-electron chi connectivity index (χ1n) is 13.4. The predicted octanol–water partition coefficient (Wildman–Crippen LogP) is 6.04. The van der Waals surface area contributed by atoms with Crippen molar-refractivity contribution in [1.29, 1.82) is 5.26 Å². The molecule has 0 unspecified atom stereocenters. The number of carboxylic acid groups (broad SMARTS) is 1. The third kappa shape index (κ3) is 5.65. The predicted molar refractivity (Wildman–Crippen MR) is 149 cm³/mol. The second kappa shape index (κ2) is 11.6. The highest BCUT2D eigenvalue weighted by molar-refractivity contribution is 5.92. The minimum Gasteiger partial charge on any atom is -0.478 e. The number of hydrogen-bond acceptors (Lipinski definition) is 6. The zero-order chi connectivity index (χ0) is 30.1.